The summed E-state index contributed by atoms with van der Waals surface area (Å²) in [5.74, 6) is 0.769. The third kappa shape index (κ3) is 2.06. The van der Waals surface area contributed by atoms with Gasteiger partial charge in [-0.1, -0.05) is 19.9 Å². The molecule has 17 heavy (non-hydrogen) atoms. The lowest BCUT2D eigenvalue weighted by Gasteiger charge is -1.99. The summed E-state index contributed by atoms with van der Waals surface area (Å²) in [5, 5.41) is 4.33. The maximum absolute atomic E-state index is 5.06. The zero-order valence-corrected chi connectivity index (χ0v) is 10.2. The van der Waals surface area contributed by atoms with Gasteiger partial charge in [0.25, 0.3) is 0 Å². The van der Waals surface area contributed by atoms with Crippen molar-refractivity contribution in [3.63, 3.8) is 0 Å². The van der Waals surface area contributed by atoms with E-state index in [-0.39, 0.29) is 0 Å². The second kappa shape index (κ2) is 4.82. The van der Waals surface area contributed by atoms with Crippen LogP contribution < -0.4 is 0 Å². The highest BCUT2D eigenvalue weighted by molar-refractivity contribution is 5.61. The Bertz CT molecular complexity index is 596. The molecule has 0 radical (unpaired) electrons. The summed E-state index contributed by atoms with van der Waals surface area (Å²) >= 11 is 0. The van der Waals surface area contributed by atoms with Crippen molar-refractivity contribution in [3.8, 4) is 11.3 Å². The first-order valence-electron chi connectivity index (χ1n) is 5.69. The van der Waals surface area contributed by atoms with E-state index in [0.717, 1.165) is 22.7 Å². The highest BCUT2D eigenvalue weighted by atomic mass is 16.3. The Morgan fingerprint density at radius 2 is 2.00 bits per heavy atom. The summed E-state index contributed by atoms with van der Waals surface area (Å²) < 4.78 is 6.88. The topological polar surface area (TPSA) is 43.3 Å². The second-order valence-corrected chi connectivity index (χ2v) is 3.35. The Morgan fingerprint density at radius 1 is 1.18 bits per heavy atom. The lowest BCUT2D eigenvalue weighted by atomic mass is 10.2. The van der Waals surface area contributed by atoms with E-state index in [9.17, 15) is 0 Å². The van der Waals surface area contributed by atoms with Gasteiger partial charge in [-0.25, -0.2) is 9.50 Å². The molecule has 0 unspecified atom stereocenters. The van der Waals surface area contributed by atoms with Gasteiger partial charge in [-0.2, -0.15) is 5.10 Å². The summed E-state index contributed by atoms with van der Waals surface area (Å²) in [7, 11) is 0. The number of hydrogen-bond acceptors (Lipinski definition) is 3. The molecule has 88 valence electrons. The molecule has 3 heterocycles. The van der Waals surface area contributed by atoms with Gasteiger partial charge < -0.3 is 4.42 Å². The Hall–Kier alpha value is -2.10. The van der Waals surface area contributed by atoms with Crippen LogP contribution in [0, 0.1) is 6.92 Å². The smallest absolute Gasteiger partial charge is 0.156 e. The number of furan rings is 1. The predicted molar refractivity (Wildman–Crippen MR) is 66.8 cm³/mol. The summed E-state index contributed by atoms with van der Waals surface area (Å²) in [6.07, 6.45) is 3.35. The third-order valence-electron chi connectivity index (χ3n) is 2.28. The van der Waals surface area contributed by atoms with E-state index in [0.29, 0.717) is 0 Å². The van der Waals surface area contributed by atoms with E-state index in [1.807, 2.05) is 49.6 Å². The molecule has 0 fully saturated rings. The number of pyridine rings is 1. The molecule has 3 aromatic rings. The fourth-order valence-electron chi connectivity index (χ4n) is 1.64. The lowest BCUT2D eigenvalue weighted by molar-refractivity contribution is 0.568. The number of aromatic nitrogens is 3. The number of hydrogen-bond donors (Lipinski definition) is 0. The Morgan fingerprint density at radius 3 is 2.71 bits per heavy atom. The largest absolute Gasteiger partial charge is 0.472 e. The van der Waals surface area contributed by atoms with E-state index in [1.165, 1.54) is 0 Å². The van der Waals surface area contributed by atoms with E-state index in [4.69, 9.17) is 4.42 Å². The van der Waals surface area contributed by atoms with Crippen molar-refractivity contribution in [1.82, 2.24) is 14.6 Å². The van der Waals surface area contributed by atoms with Gasteiger partial charge in [0.1, 0.15) is 5.82 Å². The van der Waals surface area contributed by atoms with Crippen molar-refractivity contribution in [2.24, 2.45) is 0 Å². The molecule has 0 aliphatic carbocycles. The van der Waals surface area contributed by atoms with Gasteiger partial charge in [0.2, 0.25) is 0 Å². The van der Waals surface area contributed by atoms with E-state index >= 15 is 0 Å². The van der Waals surface area contributed by atoms with Crippen molar-refractivity contribution in [3.05, 3.63) is 42.6 Å². The molecule has 4 heteroatoms. The van der Waals surface area contributed by atoms with Gasteiger partial charge >= 0.3 is 0 Å². The Labute approximate surface area is 99.9 Å². The van der Waals surface area contributed by atoms with Crippen molar-refractivity contribution in [2.75, 3.05) is 0 Å². The molecule has 0 aliphatic rings. The first kappa shape index (κ1) is 11.4. The average Bonchev–Trinajstić information content (AvgIpc) is 2.98. The van der Waals surface area contributed by atoms with E-state index < -0.39 is 0 Å². The first-order valence-corrected chi connectivity index (χ1v) is 5.69. The molecule has 0 atom stereocenters. The first-order chi connectivity index (χ1) is 8.34. The van der Waals surface area contributed by atoms with Gasteiger partial charge in [-0.05, 0) is 25.1 Å². The van der Waals surface area contributed by atoms with Gasteiger partial charge in [-0.3, -0.25) is 0 Å². The highest BCUT2D eigenvalue weighted by Gasteiger charge is 2.06. The van der Waals surface area contributed by atoms with Crippen LogP contribution in [0.15, 0.2) is 41.2 Å². The summed E-state index contributed by atoms with van der Waals surface area (Å²) in [5.41, 5.74) is 2.85. The molecule has 3 aromatic heterocycles. The number of fused-ring (bicyclic) bond motifs is 1. The van der Waals surface area contributed by atoms with Gasteiger partial charge in [-0.15, -0.1) is 0 Å². The van der Waals surface area contributed by atoms with Crippen LogP contribution >= 0.6 is 0 Å². The minimum absolute atomic E-state index is 0.769. The van der Waals surface area contributed by atoms with Crippen LogP contribution in [0.3, 0.4) is 0 Å². The minimum Gasteiger partial charge on any atom is -0.472 e. The number of aryl methyl sites for hydroxylation is 1. The zero-order chi connectivity index (χ0) is 12.3. The minimum atomic E-state index is 0.769. The number of nitrogens with zero attached hydrogens (tertiary/aromatic N) is 3. The maximum atomic E-state index is 5.06. The fourth-order valence-corrected chi connectivity index (χ4v) is 1.64. The molecular weight excluding hydrogens is 214 g/mol. The summed E-state index contributed by atoms with van der Waals surface area (Å²) in [6, 6.07) is 7.80. The van der Waals surface area contributed by atoms with Crippen molar-refractivity contribution >= 4 is 5.65 Å². The van der Waals surface area contributed by atoms with Crippen molar-refractivity contribution in [1.29, 1.82) is 0 Å². The van der Waals surface area contributed by atoms with Gasteiger partial charge in [0.05, 0.1) is 18.2 Å². The average molecular weight is 229 g/mol. The molecule has 0 amide bonds. The molecular formula is C13H15N3O. The molecule has 0 saturated carbocycles. The van der Waals surface area contributed by atoms with Crippen LogP contribution in [-0.2, 0) is 0 Å². The molecule has 0 aromatic carbocycles. The standard InChI is InChI=1S/C11H9N3O.C2H6/c1-8-12-11-4-2-3-10(14(11)13-8)9-5-6-15-7-9;1-2/h2-7H,1H3;1-2H3. The monoisotopic (exact) mass is 229 g/mol. The van der Waals surface area contributed by atoms with Crippen LogP contribution in [0.1, 0.15) is 19.7 Å². The van der Waals surface area contributed by atoms with Crippen molar-refractivity contribution in [2.45, 2.75) is 20.8 Å². The zero-order valence-electron chi connectivity index (χ0n) is 10.2. The quantitative estimate of drug-likeness (QED) is 0.642. The molecule has 0 aliphatic heterocycles. The molecule has 3 rings (SSSR count). The molecule has 4 nitrogen and oxygen atoms in total. The highest BCUT2D eigenvalue weighted by Crippen LogP contribution is 2.19. The Kier molecular flexibility index (Phi) is 3.23. The van der Waals surface area contributed by atoms with Crippen LogP contribution in [-0.4, -0.2) is 14.6 Å². The lowest BCUT2D eigenvalue weighted by Crippen LogP contribution is -1.92. The SMILES string of the molecule is CC.Cc1nc2cccc(-c3ccoc3)n2n1. The Balaban J connectivity index is 0.000000514. The van der Waals surface area contributed by atoms with Crippen LogP contribution in [0.4, 0.5) is 0 Å². The maximum Gasteiger partial charge on any atom is 0.156 e. The molecule has 0 bridgehead atoms. The molecule has 0 spiro atoms. The van der Waals surface area contributed by atoms with E-state index in [2.05, 4.69) is 10.1 Å². The molecule has 0 saturated heterocycles. The van der Waals surface area contributed by atoms with Crippen LogP contribution in [0.2, 0.25) is 0 Å². The fraction of sp³-hybridized carbons (Fsp3) is 0.231. The van der Waals surface area contributed by atoms with E-state index in [1.54, 1.807) is 12.5 Å². The van der Waals surface area contributed by atoms with Crippen molar-refractivity contribution < 1.29 is 4.42 Å². The normalized spacial score (nSPS) is 10.1. The third-order valence-corrected chi connectivity index (χ3v) is 2.28. The predicted octanol–water partition coefficient (Wildman–Crippen LogP) is 3.32. The van der Waals surface area contributed by atoms with Gasteiger partial charge in [0, 0.05) is 5.56 Å². The summed E-state index contributed by atoms with van der Waals surface area (Å²) in [6.45, 7) is 5.88. The second-order valence-electron chi connectivity index (χ2n) is 3.35. The summed E-state index contributed by atoms with van der Waals surface area (Å²) in [4.78, 5) is 4.30. The molecule has 0 N–H and O–H groups in total. The van der Waals surface area contributed by atoms with Crippen LogP contribution in [0.5, 0.6) is 0 Å². The van der Waals surface area contributed by atoms with Crippen LogP contribution in [0.25, 0.3) is 16.9 Å². The number of rotatable bonds is 1. The van der Waals surface area contributed by atoms with Gasteiger partial charge in [0.15, 0.2) is 5.65 Å².